The number of alkyl halides is 2. The quantitative estimate of drug-likeness (QED) is 0.689. The number of Topliss-reactive ketones (excluding diaryl/α,β-unsaturated/α-hetero) is 1. The van der Waals surface area contributed by atoms with Crippen molar-refractivity contribution < 1.29 is 13.6 Å². The van der Waals surface area contributed by atoms with E-state index in [1.807, 2.05) is 39.0 Å². The Morgan fingerprint density at radius 3 is 2.36 bits per heavy atom. The van der Waals surface area contributed by atoms with Crippen molar-refractivity contribution in [1.82, 2.24) is 9.78 Å². The van der Waals surface area contributed by atoms with Crippen LogP contribution >= 0.6 is 0 Å². The molecule has 2 aromatic carbocycles. The second-order valence-electron chi connectivity index (χ2n) is 6.48. The van der Waals surface area contributed by atoms with E-state index in [1.165, 1.54) is 12.1 Å². The summed E-state index contributed by atoms with van der Waals surface area (Å²) in [5.74, 6) is -4.65. The highest BCUT2D eigenvalue weighted by atomic mass is 19.3. The molecule has 0 saturated heterocycles. The van der Waals surface area contributed by atoms with Gasteiger partial charge in [-0.25, -0.2) is 0 Å². The molecule has 3 aromatic rings. The molecule has 1 aromatic heterocycles. The molecule has 0 bridgehead atoms. The van der Waals surface area contributed by atoms with Gasteiger partial charge in [-0.2, -0.15) is 13.9 Å². The van der Waals surface area contributed by atoms with Crippen molar-refractivity contribution in [3.8, 4) is 0 Å². The molecule has 0 unspecified atom stereocenters. The van der Waals surface area contributed by atoms with E-state index in [1.54, 1.807) is 10.7 Å². The average Bonchev–Trinajstić information content (AvgIpc) is 2.86. The van der Waals surface area contributed by atoms with E-state index in [2.05, 4.69) is 5.10 Å². The Kier molecular flexibility index (Phi) is 4.19. The van der Waals surface area contributed by atoms with Crippen molar-refractivity contribution in [1.29, 1.82) is 0 Å². The molecule has 1 heterocycles. The maximum Gasteiger partial charge on any atom is 0.330 e. The van der Waals surface area contributed by atoms with Crippen LogP contribution in [0.3, 0.4) is 0 Å². The number of hydrogen-bond acceptors (Lipinski definition) is 2. The summed E-state index contributed by atoms with van der Waals surface area (Å²) < 4.78 is 30.0. The summed E-state index contributed by atoms with van der Waals surface area (Å²) in [7, 11) is 0. The summed E-state index contributed by atoms with van der Waals surface area (Å²) in [5.41, 5.74) is 4.47. The number of carbonyl (C=O) groups is 1. The van der Waals surface area contributed by atoms with Crippen LogP contribution in [0.15, 0.2) is 36.4 Å². The summed E-state index contributed by atoms with van der Waals surface area (Å²) >= 11 is 0. The zero-order chi connectivity index (χ0) is 18.4. The van der Waals surface area contributed by atoms with Gasteiger partial charge >= 0.3 is 5.92 Å². The van der Waals surface area contributed by atoms with Gasteiger partial charge in [0, 0.05) is 17.9 Å². The third kappa shape index (κ3) is 2.95. The Balaban J connectivity index is 2.14. The third-order valence-corrected chi connectivity index (χ3v) is 4.69. The van der Waals surface area contributed by atoms with Gasteiger partial charge in [-0.1, -0.05) is 30.3 Å². The molecule has 0 N–H and O–H groups in total. The molecule has 0 atom stereocenters. The number of ketones is 1. The number of fused-ring (bicyclic) bond motifs is 1. The van der Waals surface area contributed by atoms with Gasteiger partial charge in [-0.3, -0.25) is 9.48 Å². The molecule has 25 heavy (non-hydrogen) atoms. The Labute approximate surface area is 145 Å². The molecule has 5 heteroatoms. The molecule has 0 radical (unpaired) electrons. The van der Waals surface area contributed by atoms with Crippen LogP contribution in [-0.4, -0.2) is 15.6 Å². The van der Waals surface area contributed by atoms with Gasteiger partial charge in [0.25, 0.3) is 0 Å². The second-order valence-corrected chi connectivity index (χ2v) is 6.48. The van der Waals surface area contributed by atoms with E-state index >= 15 is 0 Å². The van der Waals surface area contributed by atoms with Crippen LogP contribution in [0.1, 0.15) is 34.9 Å². The van der Waals surface area contributed by atoms with Crippen molar-refractivity contribution in [2.75, 3.05) is 0 Å². The van der Waals surface area contributed by atoms with E-state index < -0.39 is 11.7 Å². The third-order valence-electron chi connectivity index (χ3n) is 4.69. The number of aromatic nitrogens is 2. The number of rotatable bonds is 4. The smallest absolute Gasteiger partial charge is 0.293 e. The zero-order valence-electron chi connectivity index (χ0n) is 14.7. The SMILES string of the molecule is CC(=O)C(F)(F)c1ccc2c(C)nn(Cc3c(C)cccc3C)c2c1. The summed E-state index contributed by atoms with van der Waals surface area (Å²) in [6.45, 7) is 7.31. The first-order chi connectivity index (χ1) is 11.7. The summed E-state index contributed by atoms with van der Waals surface area (Å²) in [5, 5.41) is 5.34. The van der Waals surface area contributed by atoms with E-state index in [4.69, 9.17) is 0 Å². The van der Waals surface area contributed by atoms with Crippen molar-refractivity contribution in [3.63, 3.8) is 0 Å². The highest BCUT2D eigenvalue weighted by Crippen LogP contribution is 2.32. The fraction of sp³-hybridized carbons (Fsp3) is 0.300. The van der Waals surface area contributed by atoms with E-state index in [0.29, 0.717) is 12.1 Å². The van der Waals surface area contributed by atoms with Crippen LogP contribution in [-0.2, 0) is 17.3 Å². The highest BCUT2D eigenvalue weighted by molar-refractivity contribution is 5.88. The first-order valence-electron chi connectivity index (χ1n) is 8.13. The van der Waals surface area contributed by atoms with Gasteiger partial charge in [-0.15, -0.1) is 0 Å². The Morgan fingerprint density at radius 2 is 1.76 bits per heavy atom. The molecule has 0 spiro atoms. The molecular weight excluding hydrogens is 322 g/mol. The van der Waals surface area contributed by atoms with Crippen LogP contribution in [0.4, 0.5) is 8.78 Å². The van der Waals surface area contributed by atoms with Crippen molar-refractivity contribution >= 4 is 16.7 Å². The monoisotopic (exact) mass is 342 g/mol. The minimum atomic E-state index is -3.49. The molecule has 130 valence electrons. The predicted octanol–water partition coefficient (Wildman–Crippen LogP) is 4.69. The first kappa shape index (κ1) is 17.3. The molecule has 0 aliphatic heterocycles. The fourth-order valence-electron chi connectivity index (χ4n) is 3.11. The zero-order valence-corrected chi connectivity index (χ0v) is 14.7. The van der Waals surface area contributed by atoms with Gasteiger partial charge in [0.05, 0.1) is 17.8 Å². The molecule has 3 rings (SSSR count). The average molecular weight is 342 g/mol. The molecule has 0 aliphatic carbocycles. The molecule has 0 fully saturated rings. The van der Waals surface area contributed by atoms with Gasteiger partial charge in [0.15, 0.2) is 0 Å². The highest BCUT2D eigenvalue weighted by Gasteiger charge is 2.37. The lowest BCUT2D eigenvalue weighted by Gasteiger charge is -2.14. The Hall–Kier alpha value is -2.56. The topological polar surface area (TPSA) is 34.9 Å². The van der Waals surface area contributed by atoms with Gasteiger partial charge < -0.3 is 0 Å². The van der Waals surface area contributed by atoms with Gasteiger partial charge in [0.1, 0.15) is 0 Å². The number of benzene rings is 2. The van der Waals surface area contributed by atoms with Gasteiger partial charge in [-0.05, 0) is 43.5 Å². The Morgan fingerprint density at radius 1 is 1.12 bits per heavy atom. The van der Waals surface area contributed by atoms with Crippen LogP contribution < -0.4 is 0 Å². The van der Waals surface area contributed by atoms with Crippen molar-refractivity contribution in [3.05, 3.63) is 64.3 Å². The lowest BCUT2D eigenvalue weighted by molar-refractivity contribution is -0.141. The van der Waals surface area contributed by atoms with E-state index in [-0.39, 0.29) is 5.56 Å². The summed E-state index contributed by atoms with van der Waals surface area (Å²) in [6, 6.07) is 10.3. The standard InChI is InChI=1S/C20H20F2N2O/c1-12-6-5-7-13(2)18(12)11-24-19-10-16(20(21,22)15(4)25)8-9-17(19)14(3)23-24/h5-10H,11H2,1-4H3. The van der Waals surface area contributed by atoms with Crippen LogP contribution in [0, 0.1) is 20.8 Å². The van der Waals surface area contributed by atoms with Crippen LogP contribution in [0.25, 0.3) is 10.9 Å². The first-order valence-corrected chi connectivity index (χ1v) is 8.13. The number of carbonyl (C=O) groups excluding carboxylic acids is 1. The molecule has 3 nitrogen and oxygen atoms in total. The number of nitrogens with zero attached hydrogens (tertiary/aromatic N) is 2. The number of halogens is 2. The molecule has 0 saturated carbocycles. The molecule has 0 aliphatic rings. The van der Waals surface area contributed by atoms with Crippen LogP contribution in [0.2, 0.25) is 0 Å². The van der Waals surface area contributed by atoms with Crippen molar-refractivity contribution in [2.45, 2.75) is 40.2 Å². The molecule has 0 amide bonds. The number of aryl methyl sites for hydroxylation is 3. The summed E-state index contributed by atoms with van der Waals surface area (Å²) in [6.07, 6.45) is 0. The lowest BCUT2D eigenvalue weighted by Crippen LogP contribution is -2.23. The maximum atomic E-state index is 14.1. The van der Waals surface area contributed by atoms with Gasteiger partial charge in [0.2, 0.25) is 5.78 Å². The van der Waals surface area contributed by atoms with Crippen molar-refractivity contribution in [2.24, 2.45) is 0 Å². The molecular formula is C20H20F2N2O. The Bertz CT molecular complexity index is 953. The fourth-order valence-corrected chi connectivity index (χ4v) is 3.11. The van der Waals surface area contributed by atoms with E-state index in [9.17, 15) is 13.6 Å². The predicted molar refractivity (Wildman–Crippen MR) is 94.1 cm³/mol. The summed E-state index contributed by atoms with van der Waals surface area (Å²) in [4.78, 5) is 11.3. The number of hydrogen-bond donors (Lipinski definition) is 0. The largest absolute Gasteiger partial charge is 0.330 e. The van der Waals surface area contributed by atoms with E-state index in [0.717, 1.165) is 34.7 Å². The maximum absolute atomic E-state index is 14.1. The van der Waals surface area contributed by atoms with Crippen LogP contribution in [0.5, 0.6) is 0 Å². The second kappa shape index (κ2) is 6.06. The minimum absolute atomic E-state index is 0.296. The normalized spacial score (nSPS) is 11.9. The lowest BCUT2D eigenvalue weighted by atomic mass is 10.0. The minimum Gasteiger partial charge on any atom is -0.293 e.